The van der Waals surface area contributed by atoms with Gasteiger partial charge < -0.3 is 10.1 Å². The highest BCUT2D eigenvalue weighted by molar-refractivity contribution is 4.88. The lowest BCUT2D eigenvalue weighted by atomic mass is 10.0. The molecule has 1 N–H and O–H groups in total. The molecule has 0 radical (unpaired) electrons. The molecule has 0 spiro atoms. The zero-order valence-electron chi connectivity index (χ0n) is 10.7. The quantitative estimate of drug-likeness (QED) is 0.788. The average Bonchev–Trinajstić information content (AvgIpc) is 2.78. The Morgan fingerprint density at radius 3 is 2.88 bits per heavy atom. The van der Waals surface area contributed by atoms with Crippen molar-refractivity contribution in [1.82, 2.24) is 10.2 Å². The van der Waals surface area contributed by atoms with Crippen LogP contribution in [0.4, 0.5) is 0 Å². The fraction of sp³-hybridized carbons (Fsp3) is 1.00. The third kappa shape index (κ3) is 2.96. The second kappa shape index (κ2) is 5.99. The van der Waals surface area contributed by atoms with Crippen molar-refractivity contribution in [1.29, 1.82) is 0 Å². The maximum absolute atomic E-state index is 5.46. The summed E-state index contributed by atoms with van der Waals surface area (Å²) >= 11 is 0. The molecule has 0 aromatic heterocycles. The van der Waals surface area contributed by atoms with Crippen LogP contribution in [0.2, 0.25) is 0 Å². The van der Waals surface area contributed by atoms with Crippen molar-refractivity contribution >= 4 is 0 Å². The number of piperidine rings is 1. The molecule has 1 aliphatic carbocycles. The molecule has 0 bridgehead atoms. The Balaban J connectivity index is 1.80. The summed E-state index contributed by atoms with van der Waals surface area (Å²) in [4.78, 5) is 2.69. The maximum Gasteiger partial charge on any atom is 0.0586 e. The topological polar surface area (TPSA) is 24.5 Å². The average molecular weight is 226 g/mol. The first-order valence-corrected chi connectivity index (χ1v) is 6.83. The fourth-order valence-corrected chi connectivity index (χ4v) is 3.26. The first-order valence-electron chi connectivity index (χ1n) is 6.83. The lowest BCUT2D eigenvalue weighted by molar-refractivity contribution is 0.0880. The van der Waals surface area contributed by atoms with Crippen LogP contribution in [-0.4, -0.2) is 49.8 Å². The molecule has 0 aromatic carbocycles. The molecule has 1 saturated heterocycles. The Bertz CT molecular complexity index is 208. The Hall–Kier alpha value is -0.120. The molecule has 3 atom stereocenters. The summed E-state index contributed by atoms with van der Waals surface area (Å²) in [6, 6.07) is 1.51. The van der Waals surface area contributed by atoms with Crippen molar-refractivity contribution in [3.63, 3.8) is 0 Å². The van der Waals surface area contributed by atoms with Gasteiger partial charge in [-0.05, 0) is 45.2 Å². The van der Waals surface area contributed by atoms with Gasteiger partial charge in [-0.25, -0.2) is 0 Å². The van der Waals surface area contributed by atoms with E-state index >= 15 is 0 Å². The van der Waals surface area contributed by atoms with Crippen LogP contribution in [0.5, 0.6) is 0 Å². The van der Waals surface area contributed by atoms with Crippen molar-refractivity contribution in [2.24, 2.45) is 0 Å². The molecular weight excluding hydrogens is 200 g/mol. The Kier molecular flexibility index (Phi) is 4.62. The number of methoxy groups -OCH3 is 1. The Morgan fingerprint density at radius 2 is 2.19 bits per heavy atom. The van der Waals surface area contributed by atoms with E-state index in [-0.39, 0.29) is 0 Å². The molecule has 0 amide bonds. The third-order valence-corrected chi connectivity index (χ3v) is 4.15. The van der Waals surface area contributed by atoms with E-state index in [4.69, 9.17) is 4.74 Å². The Morgan fingerprint density at radius 1 is 1.31 bits per heavy atom. The van der Waals surface area contributed by atoms with E-state index in [0.717, 1.165) is 18.6 Å². The summed E-state index contributed by atoms with van der Waals surface area (Å²) in [6.45, 7) is 5.84. The minimum Gasteiger partial charge on any atom is -0.381 e. The predicted molar refractivity (Wildman–Crippen MR) is 66.7 cm³/mol. The van der Waals surface area contributed by atoms with E-state index in [2.05, 4.69) is 17.1 Å². The van der Waals surface area contributed by atoms with Crippen molar-refractivity contribution in [2.75, 3.05) is 26.7 Å². The van der Waals surface area contributed by atoms with Crippen molar-refractivity contribution in [3.8, 4) is 0 Å². The number of rotatable bonds is 4. The highest BCUT2D eigenvalue weighted by Crippen LogP contribution is 2.28. The second-order valence-electron chi connectivity index (χ2n) is 5.22. The van der Waals surface area contributed by atoms with Gasteiger partial charge in [0.1, 0.15) is 0 Å². The number of nitrogens with zero attached hydrogens (tertiary/aromatic N) is 1. The molecule has 1 saturated carbocycles. The summed E-state index contributed by atoms with van der Waals surface area (Å²) < 4.78 is 5.46. The normalized spacial score (nSPS) is 36.8. The molecular formula is C13H26N2O. The van der Waals surface area contributed by atoms with Crippen molar-refractivity contribution in [3.05, 3.63) is 0 Å². The largest absolute Gasteiger partial charge is 0.381 e. The van der Waals surface area contributed by atoms with Crippen LogP contribution in [0.15, 0.2) is 0 Å². The van der Waals surface area contributed by atoms with Gasteiger partial charge in [-0.1, -0.05) is 6.92 Å². The van der Waals surface area contributed by atoms with Gasteiger partial charge in [0.25, 0.3) is 0 Å². The Labute approximate surface area is 99.5 Å². The molecule has 3 nitrogen and oxygen atoms in total. The summed E-state index contributed by atoms with van der Waals surface area (Å²) in [5, 5.41) is 3.59. The molecule has 3 heteroatoms. The number of hydrogen-bond donors (Lipinski definition) is 1. The third-order valence-electron chi connectivity index (χ3n) is 4.15. The predicted octanol–water partition coefficient (Wildman–Crippen LogP) is 1.63. The van der Waals surface area contributed by atoms with E-state index in [9.17, 15) is 0 Å². The smallest absolute Gasteiger partial charge is 0.0586 e. The van der Waals surface area contributed by atoms with Gasteiger partial charge in [-0.15, -0.1) is 0 Å². The lowest BCUT2D eigenvalue weighted by Gasteiger charge is -2.37. The van der Waals surface area contributed by atoms with Crippen LogP contribution in [0.1, 0.15) is 39.0 Å². The van der Waals surface area contributed by atoms with Gasteiger partial charge in [0.2, 0.25) is 0 Å². The van der Waals surface area contributed by atoms with Gasteiger partial charge in [-0.2, -0.15) is 0 Å². The number of ether oxygens (including phenoxy) is 1. The lowest BCUT2D eigenvalue weighted by Crippen LogP contribution is -2.49. The fourth-order valence-electron chi connectivity index (χ4n) is 3.26. The highest BCUT2D eigenvalue weighted by Gasteiger charge is 2.31. The van der Waals surface area contributed by atoms with Crippen LogP contribution in [0.3, 0.4) is 0 Å². The maximum atomic E-state index is 5.46. The van der Waals surface area contributed by atoms with Crippen molar-refractivity contribution in [2.45, 2.75) is 57.2 Å². The number of nitrogens with one attached hydrogen (secondary N) is 1. The summed E-state index contributed by atoms with van der Waals surface area (Å²) in [5.74, 6) is 0. The van der Waals surface area contributed by atoms with Gasteiger partial charge >= 0.3 is 0 Å². The van der Waals surface area contributed by atoms with Crippen LogP contribution in [-0.2, 0) is 4.74 Å². The molecule has 2 fully saturated rings. The zero-order valence-corrected chi connectivity index (χ0v) is 10.7. The van der Waals surface area contributed by atoms with Gasteiger partial charge in [0.15, 0.2) is 0 Å². The molecule has 1 aliphatic heterocycles. The monoisotopic (exact) mass is 226 g/mol. The first kappa shape index (κ1) is 12.3. The molecule has 94 valence electrons. The van der Waals surface area contributed by atoms with Crippen LogP contribution in [0, 0.1) is 0 Å². The van der Waals surface area contributed by atoms with E-state index in [1.54, 1.807) is 0 Å². The second-order valence-corrected chi connectivity index (χ2v) is 5.22. The molecule has 0 aromatic rings. The van der Waals surface area contributed by atoms with Gasteiger partial charge in [-0.3, -0.25) is 4.90 Å². The highest BCUT2D eigenvalue weighted by atomic mass is 16.5. The number of hydrogen-bond acceptors (Lipinski definition) is 3. The summed E-state index contributed by atoms with van der Waals surface area (Å²) in [5.41, 5.74) is 0. The summed E-state index contributed by atoms with van der Waals surface area (Å²) in [7, 11) is 1.85. The molecule has 2 aliphatic rings. The summed E-state index contributed by atoms with van der Waals surface area (Å²) in [6.07, 6.45) is 7.05. The van der Waals surface area contributed by atoms with E-state index in [1.165, 1.54) is 45.2 Å². The molecule has 1 heterocycles. The minimum absolute atomic E-state index is 0.518. The van der Waals surface area contributed by atoms with E-state index in [1.807, 2.05) is 7.11 Å². The van der Waals surface area contributed by atoms with Gasteiger partial charge in [0.05, 0.1) is 6.10 Å². The van der Waals surface area contributed by atoms with Gasteiger partial charge in [0, 0.05) is 25.7 Å². The van der Waals surface area contributed by atoms with Crippen LogP contribution in [0.25, 0.3) is 0 Å². The van der Waals surface area contributed by atoms with Crippen molar-refractivity contribution < 1.29 is 4.74 Å². The molecule has 16 heavy (non-hydrogen) atoms. The number of likely N-dealkylation sites (N-methyl/N-ethyl adjacent to an activating group) is 1. The van der Waals surface area contributed by atoms with E-state index < -0.39 is 0 Å². The van der Waals surface area contributed by atoms with Crippen LogP contribution < -0.4 is 5.32 Å². The molecule has 3 unspecified atom stereocenters. The minimum atomic E-state index is 0.518. The van der Waals surface area contributed by atoms with Crippen LogP contribution >= 0.6 is 0 Å². The number of likely N-dealkylation sites (tertiary alicyclic amines) is 1. The zero-order chi connectivity index (χ0) is 11.4. The first-order chi connectivity index (χ1) is 7.83. The SMILES string of the molecule is CCNC1CCCN(C2CCC(OC)C2)C1. The van der Waals surface area contributed by atoms with E-state index in [0.29, 0.717) is 6.10 Å². The standard InChI is InChI=1S/C13H26N2O/c1-3-14-11-5-4-8-15(10-11)12-6-7-13(9-12)16-2/h11-14H,3-10H2,1-2H3. The molecule has 2 rings (SSSR count).